The molecular formula is C13H15Br2N. The van der Waals surface area contributed by atoms with E-state index in [2.05, 4.69) is 68.0 Å². The topological polar surface area (TPSA) is 12.0 Å². The van der Waals surface area contributed by atoms with E-state index in [0.717, 1.165) is 21.4 Å². The Morgan fingerprint density at radius 3 is 2.50 bits per heavy atom. The van der Waals surface area contributed by atoms with Crippen LogP contribution < -0.4 is 5.32 Å². The van der Waals surface area contributed by atoms with Gasteiger partial charge in [-0.05, 0) is 36.5 Å². The number of hydrogen-bond acceptors (Lipinski definition) is 1. The Labute approximate surface area is 114 Å². The zero-order chi connectivity index (χ0) is 11.5. The fourth-order valence-corrected chi connectivity index (χ4v) is 2.47. The average Bonchev–Trinajstić information content (AvgIpc) is 2.18. The molecule has 16 heavy (non-hydrogen) atoms. The Hall–Kier alpha value is -0.120. The van der Waals surface area contributed by atoms with Crippen LogP contribution in [0.4, 0.5) is 0 Å². The highest BCUT2D eigenvalue weighted by molar-refractivity contribution is 9.11. The van der Waals surface area contributed by atoms with Gasteiger partial charge in [-0.1, -0.05) is 50.6 Å². The van der Waals surface area contributed by atoms with Crippen molar-refractivity contribution in [3.8, 4) is 0 Å². The molecule has 0 radical (unpaired) electrons. The fraction of sp³-hybridized carbons (Fsp3) is 0.385. The van der Waals surface area contributed by atoms with Crippen molar-refractivity contribution in [1.82, 2.24) is 5.32 Å². The van der Waals surface area contributed by atoms with Crippen molar-refractivity contribution in [3.05, 3.63) is 45.4 Å². The summed E-state index contributed by atoms with van der Waals surface area (Å²) in [5, 5.41) is 3.47. The van der Waals surface area contributed by atoms with Crippen LogP contribution in [0.3, 0.4) is 0 Å². The van der Waals surface area contributed by atoms with Crippen molar-refractivity contribution in [2.75, 3.05) is 6.54 Å². The smallest absolute Gasteiger partial charge is 0.0268 e. The Kier molecular flexibility index (Phi) is 4.22. The van der Waals surface area contributed by atoms with Crippen LogP contribution in [0, 0.1) is 0 Å². The van der Waals surface area contributed by atoms with Gasteiger partial charge < -0.3 is 5.32 Å². The number of rotatable bonds is 4. The van der Waals surface area contributed by atoms with Crippen molar-refractivity contribution < 1.29 is 0 Å². The normalized spacial score (nSPS) is 23.9. The van der Waals surface area contributed by atoms with Crippen LogP contribution in [0.15, 0.2) is 39.8 Å². The Balaban J connectivity index is 1.79. The molecule has 1 aliphatic rings. The van der Waals surface area contributed by atoms with Gasteiger partial charge >= 0.3 is 0 Å². The maximum atomic E-state index is 3.82. The van der Waals surface area contributed by atoms with E-state index in [-0.39, 0.29) is 0 Å². The summed E-state index contributed by atoms with van der Waals surface area (Å²) in [5.74, 6) is 0.731. The number of halogens is 2. The van der Waals surface area contributed by atoms with Crippen LogP contribution in [-0.4, -0.2) is 12.6 Å². The lowest BCUT2D eigenvalue weighted by molar-refractivity contribution is 0.299. The van der Waals surface area contributed by atoms with E-state index in [1.807, 2.05) is 0 Å². The van der Waals surface area contributed by atoms with Gasteiger partial charge in [-0.25, -0.2) is 0 Å². The fourth-order valence-electron chi connectivity index (χ4n) is 2.05. The molecule has 3 heteroatoms. The van der Waals surface area contributed by atoms with E-state index in [1.165, 1.54) is 18.4 Å². The summed E-state index contributed by atoms with van der Waals surface area (Å²) < 4.78 is 2.18. The van der Waals surface area contributed by atoms with Gasteiger partial charge in [-0.15, -0.1) is 0 Å². The first-order valence-electron chi connectivity index (χ1n) is 5.47. The Bertz CT molecular complexity index is 366. The minimum absolute atomic E-state index is 0.656. The molecule has 1 aliphatic carbocycles. The van der Waals surface area contributed by atoms with Crippen LogP contribution in [0.25, 0.3) is 0 Å². The van der Waals surface area contributed by atoms with Crippen molar-refractivity contribution in [3.63, 3.8) is 0 Å². The first-order valence-corrected chi connectivity index (χ1v) is 7.06. The maximum absolute atomic E-state index is 3.82. The second-order valence-corrected chi connectivity index (χ2v) is 6.35. The summed E-state index contributed by atoms with van der Waals surface area (Å²) in [6.45, 7) is 4.69. The van der Waals surface area contributed by atoms with Crippen molar-refractivity contribution >= 4 is 31.9 Å². The first kappa shape index (κ1) is 12.3. The van der Waals surface area contributed by atoms with Crippen molar-refractivity contribution in [2.45, 2.75) is 24.8 Å². The van der Waals surface area contributed by atoms with E-state index in [0.29, 0.717) is 6.04 Å². The predicted octanol–water partition coefficient (Wildman–Crippen LogP) is 4.19. The van der Waals surface area contributed by atoms with Gasteiger partial charge in [0.1, 0.15) is 0 Å². The molecule has 0 aliphatic heterocycles. The second kappa shape index (κ2) is 5.48. The van der Waals surface area contributed by atoms with Crippen molar-refractivity contribution in [2.24, 2.45) is 0 Å². The minimum Gasteiger partial charge on any atom is -0.309 e. The molecule has 0 atom stereocenters. The van der Waals surface area contributed by atoms with Gasteiger partial charge in [0.25, 0.3) is 0 Å². The summed E-state index contributed by atoms with van der Waals surface area (Å²) in [5.41, 5.74) is 1.46. The number of hydrogen-bond donors (Lipinski definition) is 1. The average molecular weight is 345 g/mol. The third kappa shape index (κ3) is 3.19. The number of nitrogens with one attached hydrogen (secondary N) is 1. The molecule has 1 aromatic carbocycles. The highest BCUT2D eigenvalue weighted by atomic mass is 79.9. The monoisotopic (exact) mass is 343 g/mol. The largest absolute Gasteiger partial charge is 0.309 e. The summed E-state index contributed by atoms with van der Waals surface area (Å²) in [4.78, 5) is 0. The number of benzene rings is 1. The Morgan fingerprint density at radius 2 is 1.94 bits per heavy atom. The molecule has 1 saturated carbocycles. The van der Waals surface area contributed by atoms with Gasteiger partial charge in [0.05, 0.1) is 0 Å². The SMILES string of the molecule is C=C(Br)CNC1CC(c2ccc(Br)cc2)C1. The van der Waals surface area contributed by atoms with Crippen LogP contribution in [0.2, 0.25) is 0 Å². The molecule has 1 N–H and O–H groups in total. The summed E-state index contributed by atoms with van der Waals surface area (Å²) in [7, 11) is 0. The summed E-state index contributed by atoms with van der Waals surface area (Å²) in [6, 6.07) is 9.33. The zero-order valence-corrected chi connectivity index (χ0v) is 12.2. The predicted molar refractivity (Wildman–Crippen MR) is 76.0 cm³/mol. The molecule has 0 unspecified atom stereocenters. The van der Waals surface area contributed by atoms with Gasteiger partial charge in [0.2, 0.25) is 0 Å². The van der Waals surface area contributed by atoms with Gasteiger partial charge in [0, 0.05) is 21.5 Å². The molecule has 0 aromatic heterocycles. The third-order valence-corrected chi connectivity index (χ3v) is 3.87. The lowest BCUT2D eigenvalue weighted by atomic mass is 9.76. The summed E-state index contributed by atoms with van der Waals surface area (Å²) in [6.07, 6.45) is 2.48. The molecule has 0 spiro atoms. The molecule has 0 heterocycles. The van der Waals surface area contributed by atoms with Gasteiger partial charge in [0.15, 0.2) is 0 Å². The van der Waals surface area contributed by atoms with E-state index in [4.69, 9.17) is 0 Å². The molecule has 1 nitrogen and oxygen atoms in total. The minimum atomic E-state index is 0.656. The van der Waals surface area contributed by atoms with E-state index in [1.54, 1.807) is 0 Å². The molecule has 0 saturated heterocycles. The van der Waals surface area contributed by atoms with Crippen LogP contribution in [-0.2, 0) is 0 Å². The van der Waals surface area contributed by atoms with Crippen LogP contribution >= 0.6 is 31.9 Å². The molecular weight excluding hydrogens is 330 g/mol. The molecule has 0 amide bonds. The Morgan fingerprint density at radius 1 is 1.31 bits per heavy atom. The van der Waals surface area contributed by atoms with Gasteiger partial charge in [-0.2, -0.15) is 0 Å². The third-order valence-electron chi connectivity index (χ3n) is 3.06. The lowest BCUT2D eigenvalue weighted by Crippen LogP contribution is -2.40. The van der Waals surface area contributed by atoms with Crippen LogP contribution in [0.1, 0.15) is 24.3 Å². The highest BCUT2D eigenvalue weighted by Gasteiger charge is 2.29. The second-order valence-electron chi connectivity index (χ2n) is 4.31. The molecule has 1 fully saturated rings. The van der Waals surface area contributed by atoms with E-state index in [9.17, 15) is 0 Å². The first-order chi connectivity index (χ1) is 7.65. The zero-order valence-electron chi connectivity index (χ0n) is 9.05. The highest BCUT2D eigenvalue weighted by Crippen LogP contribution is 2.37. The van der Waals surface area contributed by atoms with Crippen LogP contribution in [0.5, 0.6) is 0 Å². The maximum Gasteiger partial charge on any atom is 0.0268 e. The van der Waals surface area contributed by atoms with Crippen molar-refractivity contribution in [1.29, 1.82) is 0 Å². The molecule has 1 aromatic rings. The van der Waals surface area contributed by atoms with E-state index >= 15 is 0 Å². The van der Waals surface area contributed by atoms with E-state index < -0.39 is 0 Å². The molecule has 2 rings (SSSR count). The van der Waals surface area contributed by atoms with Gasteiger partial charge in [-0.3, -0.25) is 0 Å². The molecule has 0 bridgehead atoms. The summed E-state index contributed by atoms with van der Waals surface area (Å²) >= 11 is 6.82. The lowest BCUT2D eigenvalue weighted by Gasteiger charge is -2.36. The standard InChI is InChI=1S/C13H15Br2N/c1-9(14)8-16-13-6-11(7-13)10-2-4-12(15)5-3-10/h2-5,11,13,16H,1,6-8H2. The quantitative estimate of drug-likeness (QED) is 0.863. The molecule has 86 valence electrons.